The van der Waals surface area contributed by atoms with Gasteiger partial charge in [-0.1, -0.05) is 42.5 Å². The molecule has 21 heavy (non-hydrogen) atoms. The van der Waals surface area contributed by atoms with Gasteiger partial charge in [0.1, 0.15) is 0 Å². The highest BCUT2D eigenvalue weighted by molar-refractivity contribution is 7.98. The van der Waals surface area contributed by atoms with Crippen LogP contribution in [0.1, 0.15) is 11.1 Å². The van der Waals surface area contributed by atoms with Crippen molar-refractivity contribution in [3.8, 4) is 0 Å². The minimum absolute atomic E-state index is 0.635. The molecule has 112 valence electrons. The molecule has 2 aromatic carbocycles. The number of ether oxygens (including phenoxy) is 1. The Morgan fingerprint density at radius 1 is 1.00 bits per heavy atom. The summed E-state index contributed by atoms with van der Waals surface area (Å²) in [5, 5.41) is 1.09. The Kier molecular flexibility index (Phi) is 6.20. The number of halogens is 2. The summed E-state index contributed by atoms with van der Waals surface area (Å²) in [5.74, 6) is 0.884. The summed E-state index contributed by atoms with van der Waals surface area (Å²) in [6.07, 6.45) is 0. The lowest BCUT2D eigenvalue weighted by molar-refractivity contribution is 0.184. The van der Waals surface area contributed by atoms with E-state index >= 15 is 0 Å². The van der Waals surface area contributed by atoms with Crippen LogP contribution < -0.4 is 5.19 Å². The molecule has 0 unspecified atom stereocenters. The van der Waals surface area contributed by atoms with Crippen LogP contribution in [0.25, 0.3) is 0 Å². The predicted octanol–water partition coefficient (Wildman–Crippen LogP) is 4.88. The molecule has 0 amide bonds. The van der Waals surface area contributed by atoms with Crippen molar-refractivity contribution in [3.05, 3.63) is 59.7 Å². The second-order valence-corrected chi connectivity index (χ2v) is 13.3. The zero-order valence-corrected chi connectivity index (χ0v) is 15.4. The lowest BCUT2D eigenvalue weighted by Crippen LogP contribution is -2.34. The summed E-state index contributed by atoms with van der Waals surface area (Å²) in [7, 11) is 1.72. The summed E-state index contributed by atoms with van der Waals surface area (Å²) in [4.78, 5) is 1.17. The minimum Gasteiger partial charge on any atom is -0.380 e. The molecule has 0 aliphatic rings. The lowest BCUT2D eigenvalue weighted by Gasteiger charge is -2.16. The molecule has 0 fully saturated rings. The van der Waals surface area contributed by atoms with E-state index in [1.165, 1.54) is 16.0 Å². The average molecular weight is 357 g/mol. The van der Waals surface area contributed by atoms with E-state index < -0.39 is 6.69 Å². The Balaban J connectivity index is 2.18. The molecule has 0 aliphatic carbocycles. The van der Waals surface area contributed by atoms with Crippen molar-refractivity contribution in [1.29, 1.82) is 0 Å². The van der Waals surface area contributed by atoms with Crippen molar-refractivity contribution in [3.63, 3.8) is 0 Å². The second kappa shape index (κ2) is 7.70. The first-order valence-electron chi connectivity index (χ1n) is 6.68. The van der Waals surface area contributed by atoms with Gasteiger partial charge < -0.3 is 4.74 Å². The fraction of sp³-hybridized carbons (Fsp3) is 0.250. The van der Waals surface area contributed by atoms with Gasteiger partial charge in [-0.2, -0.15) is 0 Å². The first-order chi connectivity index (χ1) is 10.0. The Hall–Kier alpha value is -0.453. The van der Waals surface area contributed by atoms with Gasteiger partial charge in [0, 0.05) is 17.8 Å². The number of methoxy groups -OCH3 is 1. The highest BCUT2D eigenvalue weighted by atomic mass is 35.7. The molecule has 2 rings (SSSR count). The van der Waals surface area contributed by atoms with Gasteiger partial charge in [-0.15, -0.1) is 33.9 Å². The predicted molar refractivity (Wildman–Crippen MR) is 96.1 cm³/mol. The third-order valence-corrected chi connectivity index (χ3v) is 7.07. The van der Waals surface area contributed by atoms with Crippen LogP contribution in [0, 0.1) is 0 Å². The smallest absolute Gasteiger partial charge is 0.278 e. The van der Waals surface area contributed by atoms with Gasteiger partial charge >= 0.3 is 0 Å². The Bertz CT molecular complexity index is 599. The first kappa shape index (κ1) is 16.9. The van der Waals surface area contributed by atoms with Crippen molar-refractivity contribution in [2.24, 2.45) is 0 Å². The van der Waals surface area contributed by atoms with Crippen LogP contribution in [-0.4, -0.2) is 13.8 Å². The fourth-order valence-electron chi connectivity index (χ4n) is 2.11. The van der Waals surface area contributed by atoms with Crippen LogP contribution >= 0.6 is 33.9 Å². The van der Waals surface area contributed by atoms with Crippen molar-refractivity contribution in [1.82, 2.24) is 0 Å². The molecular weight excluding hydrogens is 339 g/mol. The molecule has 0 bridgehead atoms. The molecule has 0 atom stereocenters. The first-order valence-corrected chi connectivity index (χ1v) is 12.2. The van der Waals surface area contributed by atoms with Crippen LogP contribution in [0.15, 0.2) is 53.4 Å². The standard InChI is InChI=1S/C16H18Cl2OSSi/c1-19-11-13-7-3-4-8-14(13)12-20-15-9-5-6-10-16(15)21(2,17)18/h3-10H,11-12H2,1-2H3. The SMILES string of the molecule is COCc1ccccc1CSc1ccccc1[Si](C)(Cl)Cl. The molecule has 0 heterocycles. The number of benzene rings is 2. The largest absolute Gasteiger partial charge is 0.380 e. The summed E-state index contributed by atoms with van der Waals surface area (Å²) in [6, 6.07) is 16.5. The maximum atomic E-state index is 6.40. The van der Waals surface area contributed by atoms with Crippen LogP contribution in [0.3, 0.4) is 0 Å². The van der Waals surface area contributed by atoms with Gasteiger partial charge in [0.05, 0.1) is 6.61 Å². The molecule has 0 saturated carbocycles. The monoisotopic (exact) mass is 356 g/mol. The van der Waals surface area contributed by atoms with E-state index in [1.54, 1.807) is 18.9 Å². The van der Waals surface area contributed by atoms with Gasteiger partial charge in [0.2, 0.25) is 0 Å². The van der Waals surface area contributed by atoms with Crippen molar-refractivity contribution < 1.29 is 4.74 Å². The summed E-state index contributed by atoms with van der Waals surface area (Å²) >= 11 is 14.6. The highest BCUT2D eigenvalue weighted by Gasteiger charge is 2.26. The van der Waals surface area contributed by atoms with Gasteiger partial charge in [-0.3, -0.25) is 0 Å². The number of hydrogen-bond acceptors (Lipinski definition) is 2. The van der Waals surface area contributed by atoms with E-state index in [-0.39, 0.29) is 0 Å². The maximum Gasteiger partial charge on any atom is 0.278 e. The molecule has 0 saturated heterocycles. The van der Waals surface area contributed by atoms with Crippen LogP contribution in [0.2, 0.25) is 6.55 Å². The number of rotatable bonds is 6. The van der Waals surface area contributed by atoms with Crippen LogP contribution in [0.5, 0.6) is 0 Å². The summed E-state index contributed by atoms with van der Waals surface area (Å²) in [5.41, 5.74) is 2.51. The molecule has 2 aromatic rings. The highest BCUT2D eigenvalue weighted by Crippen LogP contribution is 2.27. The minimum atomic E-state index is -2.35. The summed E-state index contributed by atoms with van der Waals surface area (Å²) in [6.45, 7) is 0.228. The van der Waals surface area contributed by atoms with E-state index in [4.69, 9.17) is 26.9 Å². The van der Waals surface area contributed by atoms with Crippen LogP contribution in [-0.2, 0) is 17.1 Å². The number of thioether (sulfide) groups is 1. The third kappa shape index (κ3) is 4.76. The van der Waals surface area contributed by atoms with Gasteiger partial charge in [-0.25, -0.2) is 0 Å². The van der Waals surface area contributed by atoms with E-state index in [1.807, 2.05) is 30.8 Å². The third-order valence-electron chi connectivity index (χ3n) is 3.16. The molecular formula is C16H18Cl2OSSi. The summed E-state index contributed by atoms with van der Waals surface area (Å²) < 4.78 is 5.25. The van der Waals surface area contributed by atoms with E-state index in [2.05, 4.69) is 24.3 Å². The fourth-order valence-corrected chi connectivity index (χ4v) is 6.15. The zero-order valence-electron chi connectivity index (χ0n) is 12.1. The second-order valence-electron chi connectivity index (χ2n) is 4.87. The van der Waals surface area contributed by atoms with Crippen LogP contribution in [0.4, 0.5) is 0 Å². The lowest BCUT2D eigenvalue weighted by atomic mass is 10.1. The number of hydrogen-bond donors (Lipinski definition) is 0. The van der Waals surface area contributed by atoms with Gasteiger partial charge in [0.15, 0.2) is 0 Å². The quantitative estimate of drug-likeness (QED) is 0.414. The molecule has 0 spiro atoms. The molecule has 0 aromatic heterocycles. The Morgan fingerprint density at radius 2 is 1.62 bits per heavy atom. The molecule has 5 heteroatoms. The van der Waals surface area contributed by atoms with E-state index in [9.17, 15) is 0 Å². The van der Waals surface area contributed by atoms with Gasteiger partial charge in [0.25, 0.3) is 6.69 Å². The molecule has 0 radical (unpaired) electrons. The Morgan fingerprint density at radius 3 is 2.29 bits per heavy atom. The Labute approximate surface area is 141 Å². The van der Waals surface area contributed by atoms with Crippen molar-refractivity contribution in [2.45, 2.75) is 23.8 Å². The van der Waals surface area contributed by atoms with E-state index in [0.717, 1.165) is 10.9 Å². The average Bonchev–Trinajstić information content (AvgIpc) is 2.46. The van der Waals surface area contributed by atoms with Crippen molar-refractivity contribution in [2.75, 3.05) is 7.11 Å². The van der Waals surface area contributed by atoms with Crippen molar-refractivity contribution >= 4 is 45.8 Å². The van der Waals surface area contributed by atoms with Gasteiger partial charge in [-0.05, 0) is 28.9 Å². The van der Waals surface area contributed by atoms with E-state index in [0.29, 0.717) is 6.61 Å². The topological polar surface area (TPSA) is 9.23 Å². The maximum absolute atomic E-state index is 6.40. The molecule has 0 aliphatic heterocycles. The molecule has 1 nitrogen and oxygen atoms in total. The zero-order chi connectivity index (χ0) is 15.3. The normalized spacial score (nSPS) is 11.6. The molecule has 0 N–H and O–H groups in total.